The number of hydrogen-bond acceptors (Lipinski definition) is 7. The van der Waals surface area contributed by atoms with E-state index in [2.05, 4.69) is 15.2 Å². The number of thioether (sulfide) groups is 1. The van der Waals surface area contributed by atoms with Gasteiger partial charge in [-0.3, -0.25) is 4.98 Å². The molecule has 0 spiro atoms. The Balaban J connectivity index is 1.74. The van der Waals surface area contributed by atoms with Crippen molar-refractivity contribution in [3.05, 3.63) is 48.3 Å². The number of hydrogen-bond donors (Lipinski definition) is 0. The molecule has 0 aliphatic carbocycles. The summed E-state index contributed by atoms with van der Waals surface area (Å²) >= 11 is 1.47. The monoisotopic (exact) mass is 329 g/mol. The molecule has 0 N–H and O–H groups in total. The molecule has 6 nitrogen and oxygen atoms in total. The van der Waals surface area contributed by atoms with Gasteiger partial charge >= 0.3 is 0 Å². The molecule has 3 aromatic rings. The lowest BCUT2D eigenvalue weighted by atomic mass is 10.2. The zero-order valence-corrected chi connectivity index (χ0v) is 13.5. The molecule has 0 saturated carbocycles. The van der Waals surface area contributed by atoms with E-state index in [0.29, 0.717) is 22.6 Å². The van der Waals surface area contributed by atoms with Crippen LogP contribution >= 0.6 is 11.8 Å². The van der Waals surface area contributed by atoms with Crippen molar-refractivity contribution in [2.45, 2.75) is 11.0 Å². The van der Waals surface area contributed by atoms with E-state index in [4.69, 9.17) is 13.9 Å². The van der Waals surface area contributed by atoms with Crippen LogP contribution in [0, 0.1) is 0 Å². The van der Waals surface area contributed by atoms with Gasteiger partial charge in [-0.05, 0) is 29.8 Å². The molecule has 0 saturated heterocycles. The van der Waals surface area contributed by atoms with E-state index in [9.17, 15) is 0 Å². The predicted octanol–water partition coefficient (Wildman–Crippen LogP) is 3.44. The number of rotatable bonds is 6. The molecule has 0 atom stereocenters. The average molecular weight is 329 g/mol. The third-order valence-corrected chi connectivity index (χ3v) is 4.01. The highest BCUT2D eigenvalue weighted by molar-refractivity contribution is 7.98. The summed E-state index contributed by atoms with van der Waals surface area (Å²) in [4.78, 5) is 4.08. The van der Waals surface area contributed by atoms with Crippen LogP contribution in [0.1, 0.15) is 5.56 Å². The van der Waals surface area contributed by atoms with E-state index in [1.54, 1.807) is 26.5 Å². The normalized spacial score (nSPS) is 10.5. The molecule has 2 aromatic heterocycles. The Kier molecular flexibility index (Phi) is 4.77. The van der Waals surface area contributed by atoms with Crippen LogP contribution in [0.2, 0.25) is 0 Å². The van der Waals surface area contributed by atoms with Gasteiger partial charge in [-0.1, -0.05) is 17.8 Å². The van der Waals surface area contributed by atoms with Gasteiger partial charge < -0.3 is 13.9 Å². The molecule has 0 amide bonds. The van der Waals surface area contributed by atoms with E-state index in [0.717, 1.165) is 16.9 Å². The summed E-state index contributed by atoms with van der Waals surface area (Å²) in [5.41, 5.74) is 1.88. The molecule has 0 radical (unpaired) electrons. The minimum atomic E-state index is 0.444. The number of ether oxygens (including phenoxy) is 2. The number of aromatic nitrogens is 3. The predicted molar refractivity (Wildman–Crippen MR) is 86.6 cm³/mol. The van der Waals surface area contributed by atoms with Crippen LogP contribution in [-0.2, 0) is 5.75 Å². The summed E-state index contributed by atoms with van der Waals surface area (Å²) < 4.78 is 16.2. The highest BCUT2D eigenvalue weighted by Crippen LogP contribution is 2.32. The third-order valence-electron chi connectivity index (χ3n) is 3.12. The molecule has 0 aliphatic rings. The SMILES string of the molecule is COc1ccc(-c2nnc(SCc3cccnc3)o2)cc1OC. The summed E-state index contributed by atoms with van der Waals surface area (Å²) in [6, 6.07) is 9.37. The number of nitrogens with zero attached hydrogens (tertiary/aromatic N) is 3. The lowest BCUT2D eigenvalue weighted by molar-refractivity contribution is 0.355. The van der Waals surface area contributed by atoms with Crippen LogP contribution in [0.25, 0.3) is 11.5 Å². The molecule has 3 rings (SSSR count). The van der Waals surface area contributed by atoms with Crippen molar-refractivity contribution in [1.82, 2.24) is 15.2 Å². The Labute approximate surface area is 137 Å². The van der Waals surface area contributed by atoms with E-state index in [1.165, 1.54) is 11.8 Å². The first-order chi connectivity index (χ1) is 11.3. The Morgan fingerprint density at radius 1 is 1.09 bits per heavy atom. The fourth-order valence-electron chi connectivity index (χ4n) is 1.98. The summed E-state index contributed by atoms with van der Waals surface area (Å²) in [7, 11) is 3.18. The van der Waals surface area contributed by atoms with Gasteiger partial charge in [0.2, 0.25) is 5.89 Å². The summed E-state index contributed by atoms with van der Waals surface area (Å²) in [6.07, 6.45) is 3.56. The zero-order chi connectivity index (χ0) is 16.1. The first-order valence-electron chi connectivity index (χ1n) is 6.88. The van der Waals surface area contributed by atoms with Gasteiger partial charge in [-0.25, -0.2) is 0 Å². The number of benzene rings is 1. The van der Waals surface area contributed by atoms with Crippen molar-refractivity contribution in [2.24, 2.45) is 0 Å². The highest BCUT2D eigenvalue weighted by Gasteiger charge is 2.12. The second-order valence-electron chi connectivity index (χ2n) is 4.59. The largest absolute Gasteiger partial charge is 0.493 e. The van der Waals surface area contributed by atoms with Crippen molar-refractivity contribution in [1.29, 1.82) is 0 Å². The zero-order valence-electron chi connectivity index (χ0n) is 12.7. The van der Waals surface area contributed by atoms with Crippen molar-refractivity contribution < 1.29 is 13.9 Å². The van der Waals surface area contributed by atoms with E-state index >= 15 is 0 Å². The molecule has 2 heterocycles. The van der Waals surface area contributed by atoms with Gasteiger partial charge in [0.25, 0.3) is 5.22 Å². The van der Waals surface area contributed by atoms with Crippen LogP contribution in [-0.4, -0.2) is 29.4 Å². The van der Waals surface area contributed by atoms with Crippen LogP contribution in [0.4, 0.5) is 0 Å². The Hall–Kier alpha value is -2.54. The van der Waals surface area contributed by atoms with E-state index in [-0.39, 0.29) is 0 Å². The fraction of sp³-hybridized carbons (Fsp3) is 0.188. The molecule has 7 heteroatoms. The lowest BCUT2D eigenvalue weighted by Crippen LogP contribution is -1.90. The Morgan fingerprint density at radius 2 is 1.96 bits per heavy atom. The minimum Gasteiger partial charge on any atom is -0.493 e. The highest BCUT2D eigenvalue weighted by atomic mass is 32.2. The summed E-state index contributed by atoms with van der Waals surface area (Å²) in [5.74, 6) is 2.44. The van der Waals surface area contributed by atoms with E-state index < -0.39 is 0 Å². The molecule has 118 valence electrons. The van der Waals surface area contributed by atoms with Gasteiger partial charge in [0.05, 0.1) is 14.2 Å². The maximum absolute atomic E-state index is 5.69. The molecule has 0 aliphatic heterocycles. The number of methoxy groups -OCH3 is 2. The van der Waals surface area contributed by atoms with Crippen molar-refractivity contribution in [3.63, 3.8) is 0 Å². The van der Waals surface area contributed by atoms with Gasteiger partial charge in [-0.15, -0.1) is 10.2 Å². The lowest BCUT2D eigenvalue weighted by Gasteiger charge is -2.07. The first-order valence-corrected chi connectivity index (χ1v) is 7.86. The molecular weight excluding hydrogens is 314 g/mol. The maximum Gasteiger partial charge on any atom is 0.277 e. The van der Waals surface area contributed by atoms with Gasteiger partial charge in [0.15, 0.2) is 11.5 Å². The second kappa shape index (κ2) is 7.15. The molecular formula is C16H15N3O3S. The molecule has 1 aromatic carbocycles. The summed E-state index contributed by atoms with van der Waals surface area (Å²) in [6.45, 7) is 0. The molecule has 0 unspecified atom stereocenters. The first kappa shape index (κ1) is 15.4. The molecule has 0 fully saturated rings. The van der Waals surface area contributed by atoms with Gasteiger partial charge in [0.1, 0.15) is 0 Å². The van der Waals surface area contributed by atoms with Gasteiger partial charge in [0, 0.05) is 23.7 Å². The van der Waals surface area contributed by atoms with Crippen molar-refractivity contribution in [3.8, 4) is 23.0 Å². The average Bonchev–Trinajstić information content (AvgIpc) is 3.09. The van der Waals surface area contributed by atoms with Crippen LogP contribution in [0.15, 0.2) is 52.4 Å². The minimum absolute atomic E-state index is 0.444. The Morgan fingerprint density at radius 3 is 2.70 bits per heavy atom. The topological polar surface area (TPSA) is 70.3 Å². The third kappa shape index (κ3) is 3.62. The smallest absolute Gasteiger partial charge is 0.277 e. The molecule has 23 heavy (non-hydrogen) atoms. The van der Waals surface area contributed by atoms with E-state index in [1.807, 2.05) is 30.5 Å². The van der Waals surface area contributed by atoms with Crippen LogP contribution in [0.5, 0.6) is 11.5 Å². The second-order valence-corrected chi connectivity index (χ2v) is 5.52. The maximum atomic E-state index is 5.69. The van der Waals surface area contributed by atoms with Crippen molar-refractivity contribution >= 4 is 11.8 Å². The standard InChI is InChI=1S/C16H15N3O3S/c1-20-13-6-5-12(8-14(13)21-2)15-18-19-16(22-15)23-10-11-4-3-7-17-9-11/h3-9H,10H2,1-2H3. The Bertz CT molecular complexity index is 777. The summed E-state index contributed by atoms with van der Waals surface area (Å²) in [5, 5.41) is 8.65. The number of pyridine rings is 1. The van der Waals surface area contributed by atoms with Crippen LogP contribution in [0.3, 0.4) is 0 Å². The molecule has 0 bridgehead atoms. The fourth-order valence-corrected chi connectivity index (χ4v) is 2.68. The quantitative estimate of drug-likeness (QED) is 0.641. The van der Waals surface area contributed by atoms with Crippen molar-refractivity contribution in [2.75, 3.05) is 14.2 Å². The van der Waals surface area contributed by atoms with Gasteiger partial charge in [-0.2, -0.15) is 0 Å². The van der Waals surface area contributed by atoms with Crippen LogP contribution < -0.4 is 9.47 Å².